The molecule has 6 heteroatoms. The van der Waals surface area contributed by atoms with E-state index in [1.54, 1.807) is 19.4 Å². The Labute approximate surface area is 132 Å². The molecule has 4 nitrogen and oxygen atoms in total. The number of halogens is 2. The predicted molar refractivity (Wildman–Crippen MR) is 84.1 cm³/mol. The van der Waals surface area contributed by atoms with E-state index < -0.39 is 0 Å². The van der Waals surface area contributed by atoms with Crippen LogP contribution in [0.2, 0.25) is 0 Å². The van der Waals surface area contributed by atoms with Gasteiger partial charge in [0.2, 0.25) is 0 Å². The van der Waals surface area contributed by atoms with Crippen LogP contribution in [-0.4, -0.2) is 23.4 Å². The lowest BCUT2D eigenvalue weighted by Gasteiger charge is -2.21. The second kappa shape index (κ2) is 7.04. The standard InChI is InChI=1S/C15H19BrFN3O/c1-4-18-14(11-7-6-10(16)8-12(11)17)15-13(21-3)9-19-20(15)5-2/h6-9,14,18H,4-5H2,1-3H3. The van der Waals surface area contributed by atoms with E-state index in [-0.39, 0.29) is 11.9 Å². The van der Waals surface area contributed by atoms with Gasteiger partial charge in [0.15, 0.2) is 5.75 Å². The molecule has 0 spiro atoms. The van der Waals surface area contributed by atoms with Crippen LogP contribution in [-0.2, 0) is 6.54 Å². The summed E-state index contributed by atoms with van der Waals surface area (Å²) in [5, 5.41) is 7.62. The normalized spacial score (nSPS) is 12.4. The highest BCUT2D eigenvalue weighted by Crippen LogP contribution is 2.32. The Morgan fingerprint density at radius 1 is 1.43 bits per heavy atom. The summed E-state index contributed by atoms with van der Waals surface area (Å²) in [5.74, 6) is 0.395. The Morgan fingerprint density at radius 2 is 2.19 bits per heavy atom. The Balaban J connectivity index is 2.55. The minimum Gasteiger partial charge on any atom is -0.493 e. The number of hydrogen-bond donors (Lipinski definition) is 1. The summed E-state index contributed by atoms with van der Waals surface area (Å²) in [6, 6.07) is 4.78. The molecule has 2 rings (SSSR count). The van der Waals surface area contributed by atoms with Crippen molar-refractivity contribution < 1.29 is 9.13 Å². The maximum Gasteiger partial charge on any atom is 0.161 e. The lowest BCUT2D eigenvalue weighted by molar-refractivity contribution is 0.398. The number of nitrogens with one attached hydrogen (secondary N) is 1. The van der Waals surface area contributed by atoms with Crippen molar-refractivity contribution in [3.63, 3.8) is 0 Å². The number of aryl methyl sites for hydroxylation is 1. The van der Waals surface area contributed by atoms with Crippen LogP contribution in [0.25, 0.3) is 0 Å². The lowest BCUT2D eigenvalue weighted by Crippen LogP contribution is -2.26. The van der Waals surface area contributed by atoms with Crippen LogP contribution in [0.5, 0.6) is 5.75 Å². The number of hydrogen-bond acceptors (Lipinski definition) is 3. The zero-order valence-corrected chi connectivity index (χ0v) is 13.9. The molecule has 0 aliphatic rings. The van der Waals surface area contributed by atoms with Gasteiger partial charge in [-0.2, -0.15) is 5.10 Å². The van der Waals surface area contributed by atoms with Crippen molar-refractivity contribution in [3.05, 3.63) is 45.9 Å². The summed E-state index contributed by atoms with van der Waals surface area (Å²) in [4.78, 5) is 0. The van der Waals surface area contributed by atoms with E-state index in [9.17, 15) is 4.39 Å². The number of nitrogens with zero attached hydrogens (tertiary/aromatic N) is 2. The molecule has 1 heterocycles. The van der Waals surface area contributed by atoms with Crippen molar-refractivity contribution in [2.24, 2.45) is 0 Å². The van der Waals surface area contributed by atoms with Gasteiger partial charge in [0, 0.05) is 16.6 Å². The minimum atomic E-state index is -0.305. The second-order valence-corrected chi connectivity index (χ2v) is 5.49. The van der Waals surface area contributed by atoms with Crippen LogP contribution < -0.4 is 10.1 Å². The minimum absolute atomic E-state index is 0.263. The van der Waals surface area contributed by atoms with Gasteiger partial charge in [-0.15, -0.1) is 0 Å². The summed E-state index contributed by atoms with van der Waals surface area (Å²) >= 11 is 3.29. The molecule has 0 radical (unpaired) electrons. The van der Waals surface area contributed by atoms with E-state index in [0.717, 1.165) is 10.2 Å². The first kappa shape index (κ1) is 16.0. The SMILES string of the molecule is CCNC(c1ccc(Br)cc1F)c1c(OC)cnn1CC. The average molecular weight is 356 g/mol. The third-order valence-electron chi connectivity index (χ3n) is 3.32. The number of rotatable bonds is 6. The van der Waals surface area contributed by atoms with Gasteiger partial charge in [-0.05, 0) is 25.6 Å². The molecule has 1 unspecified atom stereocenters. The monoisotopic (exact) mass is 355 g/mol. The summed E-state index contributed by atoms with van der Waals surface area (Å²) in [6.07, 6.45) is 1.67. The van der Waals surface area contributed by atoms with Gasteiger partial charge in [0.1, 0.15) is 11.5 Å². The molecule has 1 aromatic carbocycles. The number of benzene rings is 1. The van der Waals surface area contributed by atoms with Crippen molar-refractivity contribution in [1.82, 2.24) is 15.1 Å². The molecule has 21 heavy (non-hydrogen) atoms. The first-order chi connectivity index (χ1) is 10.1. The van der Waals surface area contributed by atoms with Crippen molar-refractivity contribution in [3.8, 4) is 5.75 Å². The largest absolute Gasteiger partial charge is 0.493 e. The van der Waals surface area contributed by atoms with Gasteiger partial charge in [-0.25, -0.2) is 4.39 Å². The molecule has 0 aliphatic carbocycles. The molecule has 1 N–H and O–H groups in total. The Bertz CT molecular complexity index is 593. The first-order valence-electron chi connectivity index (χ1n) is 6.90. The van der Waals surface area contributed by atoms with Gasteiger partial charge >= 0.3 is 0 Å². The van der Waals surface area contributed by atoms with Gasteiger partial charge in [0.25, 0.3) is 0 Å². The summed E-state index contributed by atoms with van der Waals surface area (Å²) in [6.45, 7) is 5.39. The number of methoxy groups -OCH3 is 1. The van der Waals surface area contributed by atoms with E-state index in [1.165, 1.54) is 6.07 Å². The zero-order valence-electron chi connectivity index (χ0n) is 12.4. The van der Waals surface area contributed by atoms with Gasteiger partial charge < -0.3 is 10.1 Å². The molecule has 0 saturated carbocycles. The van der Waals surface area contributed by atoms with Crippen LogP contribution >= 0.6 is 15.9 Å². The number of ether oxygens (including phenoxy) is 1. The van der Waals surface area contributed by atoms with Crippen molar-refractivity contribution in [1.29, 1.82) is 0 Å². The quantitative estimate of drug-likeness (QED) is 0.861. The van der Waals surface area contributed by atoms with E-state index in [0.29, 0.717) is 24.4 Å². The zero-order chi connectivity index (χ0) is 15.4. The third kappa shape index (κ3) is 3.27. The smallest absolute Gasteiger partial charge is 0.161 e. The topological polar surface area (TPSA) is 39.1 Å². The fourth-order valence-electron chi connectivity index (χ4n) is 2.37. The van der Waals surface area contributed by atoms with Crippen LogP contribution in [0, 0.1) is 5.82 Å². The third-order valence-corrected chi connectivity index (χ3v) is 3.81. The van der Waals surface area contributed by atoms with E-state index >= 15 is 0 Å². The molecule has 0 bridgehead atoms. The first-order valence-corrected chi connectivity index (χ1v) is 7.69. The fraction of sp³-hybridized carbons (Fsp3) is 0.400. The molecule has 2 aromatic rings. The molecule has 114 valence electrons. The molecule has 0 aliphatic heterocycles. The summed E-state index contributed by atoms with van der Waals surface area (Å²) in [5.41, 5.74) is 1.41. The highest BCUT2D eigenvalue weighted by atomic mass is 79.9. The van der Waals surface area contributed by atoms with Gasteiger partial charge in [-0.1, -0.05) is 28.9 Å². The molecule has 0 saturated heterocycles. The maximum absolute atomic E-state index is 14.3. The average Bonchev–Trinajstić information content (AvgIpc) is 2.88. The molecular formula is C15H19BrFN3O. The molecular weight excluding hydrogens is 337 g/mol. The van der Waals surface area contributed by atoms with Crippen LogP contribution in [0.3, 0.4) is 0 Å². The summed E-state index contributed by atoms with van der Waals surface area (Å²) < 4.78 is 22.3. The Kier molecular flexibility index (Phi) is 5.36. The molecule has 1 aromatic heterocycles. The highest BCUT2D eigenvalue weighted by molar-refractivity contribution is 9.10. The van der Waals surface area contributed by atoms with Crippen LogP contribution in [0.1, 0.15) is 31.1 Å². The van der Waals surface area contributed by atoms with Gasteiger partial charge in [0.05, 0.1) is 19.3 Å². The van der Waals surface area contributed by atoms with Crippen molar-refractivity contribution in [2.45, 2.75) is 26.4 Å². The Morgan fingerprint density at radius 3 is 2.76 bits per heavy atom. The molecule has 0 amide bonds. The second-order valence-electron chi connectivity index (χ2n) is 4.57. The Hall–Kier alpha value is -1.40. The lowest BCUT2D eigenvalue weighted by atomic mass is 10.0. The predicted octanol–water partition coefficient (Wildman–Crippen LogP) is 3.51. The molecule has 0 fully saturated rings. The van der Waals surface area contributed by atoms with Crippen LogP contribution in [0.4, 0.5) is 4.39 Å². The fourth-order valence-corrected chi connectivity index (χ4v) is 2.71. The van der Waals surface area contributed by atoms with Crippen molar-refractivity contribution in [2.75, 3.05) is 13.7 Å². The van der Waals surface area contributed by atoms with E-state index in [2.05, 4.69) is 26.3 Å². The van der Waals surface area contributed by atoms with E-state index in [4.69, 9.17) is 4.74 Å². The number of aromatic nitrogens is 2. The van der Waals surface area contributed by atoms with E-state index in [1.807, 2.05) is 24.6 Å². The van der Waals surface area contributed by atoms with Crippen LogP contribution in [0.15, 0.2) is 28.9 Å². The molecule has 1 atom stereocenters. The maximum atomic E-state index is 14.3. The summed E-state index contributed by atoms with van der Waals surface area (Å²) in [7, 11) is 1.60. The van der Waals surface area contributed by atoms with Gasteiger partial charge in [-0.3, -0.25) is 4.68 Å². The van der Waals surface area contributed by atoms with Crippen molar-refractivity contribution >= 4 is 15.9 Å². The highest BCUT2D eigenvalue weighted by Gasteiger charge is 2.25.